The number of rotatable bonds is 8. The minimum absolute atomic E-state index is 0.139. The van der Waals surface area contributed by atoms with E-state index in [9.17, 15) is 18.0 Å². The second-order valence-corrected chi connectivity index (χ2v) is 8.94. The zero-order chi connectivity index (χ0) is 26.6. The molecule has 3 aromatic carbocycles. The van der Waals surface area contributed by atoms with E-state index in [1.807, 2.05) is 56.3 Å². The fourth-order valence-electron chi connectivity index (χ4n) is 4.05. The van der Waals surface area contributed by atoms with E-state index in [1.165, 1.54) is 0 Å². The number of nitrogens with zero attached hydrogens (tertiary/aromatic N) is 2. The Labute approximate surface area is 213 Å². The molecule has 4 N–H and O–H groups in total. The molecule has 1 heterocycles. The summed E-state index contributed by atoms with van der Waals surface area (Å²) in [6, 6.07) is 24.5. The van der Waals surface area contributed by atoms with Gasteiger partial charge < -0.3 is 16.4 Å². The molecule has 1 amide bonds. The summed E-state index contributed by atoms with van der Waals surface area (Å²) < 4.78 is 41.5. The Balaban J connectivity index is 1.68. The van der Waals surface area contributed by atoms with Crippen LogP contribution in [0.5, 0.6) is 0 Å². The number of amides is 1. The lowest BCUT2D eigenvalue weighted by Crippen LogP contribution is -2.29. The molecule has 4 aromatic rings. The van der Waals surface area contributed by atoms with Crippen LogP contribution in [0.15, 0.2) is 84.9 Å². The van der Waals surface area contributed by atoms with Gasteiger partial charge in [0.15, 0.2) is 5.69 Å². The van der Waals surface area contributed by atoms with E-state index in [1.54, 1.807) is 36.4 Å². The van der Waals surface area contributed by atoms with Gasteiger partial charge in [-0.3, -0.25) is 4.79 Å². The molecule has 0 aliphatic carbocycles. The van der Waals surface area contributed by atoms with E-state index in [2.05, 4.69) is 15.7 Å². The van der Waals surface area contributed by atoms with Crippen LogP contribution in [0.3, 0.4) is 0 Å². The fraction of sp³-hybridized carbons (Fsp3) is 0.214. The second kappa shape index (κ2) is 11.0. The van der Waals surface area contributed by atoms with Gasteiger partial charge in [0.2, 0.25) is 0 Å². The van der Waals surface area contributed by atoms with Crippen molar-refractivity contribution in [1.82, 2.24) is 15.1 Å². The molecule has 1 unspecified atom stereocenters. The van der Waals surface area contributed by atoms with Crippen molar-refractivity contribution >= 4 is 11.6 Å². The molecule has 0 saturated heterocycles. The van der Waals surface area contributed by atoms with Crippen molar-refractivity contribution in [2.24, 2.45) is 5.73 Å². The average Bonchev–Trinajstić information content (AvgIpc) is 3.35. The van der Waals surface area contributed by atoms with Crippen LogP contribution in [0.1, 0.15) is 52.8 Å². The number of hydrogen-bond donors (Lipinski definition) is 3. The van der Waals surface area contributed by atoms with E-state index < -0.39 is 17.8 Å². The number of halogens is 3. The van der Waals surface area contributed by atoms with Gasteiger partial charge in [-0.2, -0.15) is 18.3 Å². The van der Waals surface area contributed by atoms with Crippen molar-refractivity contribution in [3.63, 3.8) is 0 Å². The van der Waals surface area contributed by atoms with Crippen LogP contribution in [-0.2, 0) is 12.7 Å². The average molecular weight is 508 g/mol. The monoisotopic (exact) mass is 507 g/mol. The van der Waals surface area contributed by atoms with Crippen molar-refractivity contribution in [3.05, 3.63) is 113 Å². The zero-order valence-corrected chi connectivity index (χ0v) is 20.5. The maximum Gasteiger partial charge on any atom is 0.435 e. The maximum absolute atomic E-state index is 13.5. The highest BCUT2D eigenvalue weighted by molar-refractivity contribution is 6.03. The lowest BCUT2D eigenvalue weighted by molar-refractivity contribution is -0.141. The normalized spacial score (nSPS) is 12.5. The Bertz CT molecular complexity index is 1370. The van der Waals surface area contributed by atoms with Crippen molar-refractivity contribution < 1.29 is 18.0 Å². The molecule has 6 nitrogen and oxygen atoms in total. The molecule has 192 valence electrons. The largest absolute Gasteiger partial charge is 0.435 e. The van der Waals surface area contributed by atoms with Gasteiger partial charge in [-0.15, -0.1) is 0 Å². The predicted octanol–water partition coefficient (Wildman–Crippen LogP) is 5.69. The van der Waals surface area contributed by atoms with Crippen molar-refractivity contribution in [2.45, 2.75) is 38.7 Å². The third-order valence-electron chi connectivity index (χ3n) is 5.73. The van der Waals surface area contributed by atoms with Crippen LogP contribution < -0.4 is 16.4 Å². The van der Waals surface area contributed by atoms with Gasteiger partial charge in [0.25, 0.3) is 5.91 Å². The molecule has 0 fully saturated rings. The molecular weight excluding hydrogens is 479 g/mol. The molecule has 0 bridgehead atoms. The number of nitrogens with two attached hydrogens (primary N) is 1. The first kappa shape index (κ1) is 26.1. The van der Waals surface area contributed by atoms with Crippen LogP contribution in [-0.4, -0.2) is 21.7 Å². The molecule has 0 aliphatic heterocycles. The van der Waals surface area contributed by atoms with Gasteiger partial charge in [-0.1, -0.05) is 54.6 Å². The van der Waals surface area contributed by atoms with E-state index in [0.717, 1.165) is 21.9 Å². The first-order chi connectivity index (χ1) is 17.7. The number of carbonyl (C=O) groups is 1. The number of carbonyl (C=O) groups excluding carboxylic acids is 1. The Hall–Kier alpha value is -3.95. The molecule has 0 radical (unpaired) electrons. The molecule has 0 spiro atoms. The molecule has 9 heteroatoms. The van der Waals surface area contributed by atoms with Gasteiger partial charge >= 0.3 is 6.18 Å². The molecule has 1 atom stereocenters. The van der Waals surface area contributed by atoms with Crippen molar-refractivity contribution in [3.8, 4) is 5.69 Å². The summed E-state index contributed by atoms with van der Waals surface area (Å²) in [5.74, 6) is -0.716. The Morgan fingerprint density at radius 1 is 0.946 bits per heavy atom. The minimum atomic E-state index is -4.71. The highest BCUT2D eigenvalue weighted by Crippen LogP contribution is 2.30. The van der Waals surface area contributed by atoms with E-state index in [4.69, 9.17) is 5.73 Å². The van der Waals surface area contributed by atoms with Crippen LogP contribution in [0.25, 0.3) is 5.69 Å². The maximum atomic E-state index is 13.5. The lowest BCUT2D eigenvalue weighted by Gasteiger charge is -2.23. The topological polar surface area (TPSA) is 85.0 Å². The Morgan fingerprint density at radius 2 is 1.65 bits per heavy atom. The summed E-state index contributed by atoms with van der Waals surface area (Å²) in [7, 11) is 0. The zero-order valence-electron chi connectivity index (χ0n) is 20.5. The number of nitrogens with one attached hydrogen (secondary N) is 2. The van der Waals surface area contributed by atoms with Crippen molar-refractivity contribution in [1.29, 1.82) is 0 Å². The molecule has 37 heavy (non-hydrogen) atoms. The number of benzene rings is 3. The van der Waals surface area contributed by atoms with Gasteiger partial charge in [-0.05, 0) is 54.8 Å². The van der Waals surface area contributed by atoms with E-state index >= 15 is 0 Å². The number of anilines is 1. The molecule has 4 rings (SSSR count). The van der Waals surface area contributed by atoms with Gasteiger partial charge in [0, 0.05) is 24.3 Å². The minimum Gasteiger partial charge on any atom is -0.326 e. The molecular formula is C28H28F3N5O. The SMILES string of the molecule is CC(C)NC(c1ccccc1)c1cccc(NC(=O)c2cc(C(F)(F)F)nn2-c2cccc(CN)c2)c1. The quantitative estimate of drug-likeness (QED) is 0.286. The van der Waals surface area contributed by atoms with Crippen LogP contribution in [0.2, 0.25) is 0 Å². The van der Waals surface area contributed by atoms with Crippen LogP contribution in [0.4, 0.5) is 18.9 Å². The number of aromatic nitrogens is 2. The summed E-state index contributed by atoms with van der Waals surface area (Å²) >= 11 is 0. The molecule has 0 saturated carbocycles. The summed E-state index contributed by atoms with van der Waals surface area (Å²) in [5, 5.41) is 9.95. The first-order valence-electron chi connectivity index (χ1n) is 11.8. The highest BCUT2D eigenvalue weighted by atomic mass is 19.4. The smallest absolute Gasteiger partial charge is 0.326 e. The van der Waals surface area contributed by atoms with E-state index in [0.29, 0.717) is 16.9 Å². The van der Waals surface area contributed by atoms with Crippen LogP contribution >= 0.6 is 0 Å². The number of alkyl halides is 3. The third-order valence-corrected chi connectivity index (χ3v) is 5.73. The summed E-state index contributed by atoms with van der Waals surface area (Å²) in [6.07, 6.45) is -4.71. The molecule has 0 aliphatic rings. The van der Waals surface area contributed by atoms with E-state index in [-0.39, 0.29) is 24.3 Å². The second-order valence-electron chi connectivity index (χ2n) is 8.94. The lowest BCUT2D eigenvalue weighted by atomic mass is 9.97. The standard InChI is InChI=1S/C28H28F3N5O/c1-18(2)33-26(20-9-4-3-5-10-20)21-11-7-12-22(15-21)34-27(37)24-16-25(28(29,30)31)35-36(24)23-13-6-8-19(14-23)17-32/h3-16,18,26,33H,17,32H2,1-2H3,(H,34,37). The van der Waals surface area contributed by atoms with Gasteiger partial charge in [0.1, 0.15) is 5.69 Å². The van der Waals surface area contributed by atoms with Crippen molar-refractivity contribution in [2.75, 3.05) is 5.32 Å². The predicted molar refractivity (Wildman–Crippen MR) is 137 cm³/mol. The summed E-state index contributed by atoms with van der Waals surface area (Å²) in [6.45, 7) is 4.28. The third kappa shape index (κ3) is 6.25. The van der Waals surface area contributed by atoms with Crippen LogP contribution in [0, 0.1) is 0 Å². The van der Waals surface area contributed by atoms with Gasteiger partial charge in [0.05, 0.1) is 11.7 Å². The van der Waals surface area contributed by atoms with Gasteiger partial charge in [-0.25, -0.2) is 4.68 Å². The highest BCUT2D eigenvalue weighted by Gasteiger charge is 2.36. The summed E-state index contributed by atoms with van der Waals surface area (Å²) in [5.41, 5.74) is 7.69. The summed E-state index contributed by atoms with van der Waals surface area (Å²) in [4.78, 5) is 13.3. The number of hydrogen-bond acceptors (Lipinski definition) is 4. The molecule has 1 aromatic heterocycles. The Kier molecular flexibility index (Phi) is 7.75. The fourth-order valence-corrected chi connectivity index (χ4v) is 4.05. The first-order valence-corrected chi connectivity index (χ1v) is 11.8. The Morgan fingerprint density at radius 3 is 2.32 bits per heavy atom.